The third-order valence-electron chi connectivity index (χ3n) is 5.73. The van der Waals surface area contributed by atoms with E-state index in [-0.39, 0.29) is 11.9 Å². The minimum Gasteiger partial charge on any atom is -0.379 e. The van der Waals surface area contributed by atoms with Gasteiger partial charge in [0, 0.05) is 33.2 Å². The third kappa shape index (κ3) is 3.12. The van der Waals surface area contributed by atoms with E-state index in [1.165, 1.54) is 9.80 Å². The molecule has 4 rings (SSSR count). The molecule has 1 atom stereocenters. The number of rotatable bonds is 6. The normalized spacial score (nSPS) is 22.5. The van der Waals surface area contributed by atoms with Crippen LogP contribution in [0, 0.1) is 6.92 Å². The second-order valence-corrected chi connectivity index (χ2v) is 7.64. The monoisotopic (exact) mass is 389 g/mol. The van der Waals surface area contributed by atoms with Crippen LogP contribution in [-0.4, -0.2) is 83.5 Å². The molecule has 2 fully saturated rings. The van der Waals surface area contributed by atoms with Gasteiger partial charge < -0.3 is 4.74 Å². The number of aliphatic imine (C=N–C) groups is 1. The fraction of sp³-hybridized carbons (Fsp3) is 0.684. The molecule has 1 aromatic heterocycles. The Morgan fingerprint density at radius 1 is 1.21 bits per heavy atom. The number of imide groups is 1. The van der Waals surface area contributed by atoms with Gasteiger partial charge in [0.2, 0.25) is 11.9 Å². The quantitative estimate of drug-likeness (QED) is 0.671. The van der Waals surface area contributed by atoms with E-state index in [0.717, 1.165) is 63.9 Å². The number of amidine groups is 1. The molecule has 0 radical (unpaired) electrons. The summed E-state index contributed by atoms with van der Waals surface area (Å²) in [6.45, 7) is 9.86. The molecule has 0 N–H and O–H groups in total. The van der Waals surface area contributed by atoms with Gasteiger partial charge in [0.15, 0.2) is 0 Å². The molecular formula is C19H29N6O3+. The summed E-state index contributed by atoms with van der Waals surface area (Å²) in [4.78, 5) is 35.5. The molecule has 1 unspecified atom stereocenters. The molecule has 4 heterocycles. The second-order valence-electron chi connectivity index (χ2n) is 7.64. The summed E-state index contributed by atoms with van der Waals surface area (Å²) in [6, 6.07) is -0.827. The minimum absolute atomic E-state index is 0.182. The van der Waals surface area contributed by atoms with E-state index in [4.69, 9.17) is 9.73 Å². The number of hydrogen-bond donors (Lipinski definition) is 0. The first-order valence-electron chi connectivity index (χ1n) is 10.1. The van der Waals surface area contributed by atoms with Crippen molar-refractivity contribution in [2.75, 3.05) is 46.4 Å². The van der Waals surface area contributed by atoms with Crippen molar-refractivity contribution in [2.24, 2.45) is 4.99 Å². The Morgan fingerprint density at radius 2 is 1.96 bits per heavy atom. The van der Waals surface area contributed by atoms with Crippen molar-refractivity contribution in [1.82, 2.24) is 19.3 Å². The topological polar surface area (TPSA) is 74.3 Å². The van der Waals surface area contributed by atoms with Gasteiger partial charge in [-0.2, -0.15) is 0 Å². The van der Waals surface area contributed by atoms with Gasteiger partial charge in [-0.3, -0.25) is 19.5 Å². The Balaban J connectivity index is 1.54. The predicted octanol–water partition coefficient (Wildman–Crippen LogP) is 0.695. The van der Waals surface area contributed by atoms with E-state index in [1.54, 1.807) is 7.05 Å². The first kappa shape index (κ1) is 19.1. The SMILES string of the molecule is CCCN1C(=O)C2C(=Nc3n(CCCN4CCOCC4)c(C)c[n+]32)N(C)C1=O. The van der Waals surface area contributed by atoms with Gasteiger partial charge in [-0.1, -0.05) is 11.9 Å². The second kappa shape index (κ2) is 7.63. The Morgan fingerprint density at radius 3 is 2.68 bits per heavy atom. The largest absolute Gasteiger partial charge is 0.401 e. The van der Waals surface area contributed by atoms with Crippen molar-refractivity contribution in [2.45, 2.75) is 39.3 Å². The average Bonchev–Trinajstić information content (AvgIpc) is 3.20. The molecule has 9 heteroatoms. The molecule has 3 amide bonds. The number of aryl methyl sites for hydroxylation is 1. The zero-order valence-electron chi connectivity index (χ0n) is 16.9. The van der Waals surface area contributed by atoms with Crippen LogP contribution in [0.2, 0.25) is 0 Å². The number of nitrogens with zero attached hydrogens (tertiary/aromatic N) is 6. The lowest BCUT2D eigenvalue weighted by Gasteiger charge is -2.32. The fourth-order valence-corrected chi connectivity index (χ4v) is 4.21. The number of hydrogen-bond acceptors (Lipinski definition) is 5. The van der Waals surface area contributed by atoms with Crippen molar-refractivity contribution >= 4 is 23.7 Å². The number of fused-ring (bicyclic) bond motifs is 3. The molecule has 0 aromatic carbocycles. The lowest BCUT2D eigenvalue weighted by atomic mass is 10.1. The first-order valence-corrected chi connectivity index (χ1v) is 10.1. The van der Waals surface area contributed by atoms with Crippen LogP contribution in [0.4, 0.5) is 10.7 Å². The summed E-state index contributed by atoms with van der Waals surface area (Å²) < 4.78 is 9.48. The standard InChI is InChI=1S/C19H29N6O3/c1-4-6-24-17(26)15-16(21(3)19(24)27)20-18-23(14(2)13-25(15)18)8-5-7-22-9-11-28-12-10-22/h13,15H,4-12H2,1-3H3/q+1. The zero-order valence-corrected chi connectivity index (χ0v) is 16.9. The fourth-order valence-electron chi connectivity index (χ4n) is 4.21. The Bertz CT molecular complexity index is 811. The van der Waals surface area contributed by atoms with Crippen LogP contribution < -0.4 is 4.57 Å². The van der Waals surface area contributed by atoms with Crippen LogP contribution in [-0.2, 0) is 16.1 Å². The van der Waals surface area contributed by atoms with E-state index >= 15 is 0 Å². The summed E-state index contributed by atoms with van der Waals surface area (Å²) in [7, 11) is 1.70. The lowest BCUT2D eigenvalue weighted by Crippen LogP contribution is -2.62. The maximum atomic E-state index is 13.0. The molecule has 3 aliphatic heterocycles. The molecule has 0 saturated carbocycles. The number of carbonyl (C=O) groups is 2. The Labute approximate surface area is 165 Å². The van der Waals surface area contributed by atoms with Crippen molar-refractivity contribution in [1.29, 1.82) is 0 Å². The summed E-state index contributed by atoms with van der Waals surface area (Å²) in [6.07, 6.45) is 3.73. The van der Waals surface area contributed by atoms with Gasteiger partial charge in [0.05, 0.1) is 19.8 Å². The van der Waals surface area contributed by atoms with Gasteiger partial charge in [0.1, 0.15) is 11.9 Å². The van der Waals surface area contributed by atoms with E-state index in [0.29, 0.717) is 12.4 Å². The van der Waals surface area contributed by atoms with Crippen LogP contribution in [0.15, 0.2) is 11.2 Å². The number of morpholine rings is 1. The van der Waals surface area contributed by atoms with Crippen molar-refractivity contribution in [3.05, 3.63) is 11.9 Å². The highest BCUT2D eigenvalue weighted by Crippen LogP contribution is 2.29. The minimum atomic E-state index is -0.538. The highest BCUT2D eigenvalue weighted by molar-refractivity contribution is 6.19. The van der Waals surface area contributed by atoms with Crippen LogP contribution in [0.5, 0.6) is 0 Å². The number of carbonyl (C=O) groups excluding carboxylic acids is 2. The van der Waals surface area contributed by atoms with Crippen LogP contribution >= 0.6 is 0 Å². The van der Waals surface area contributed by atoms with Crippen LogP contribution in [0.3, 0.4) is 0 Å². The van der Waals surface area contributed by atoms with E-state index in [9.17, 15) is 9.59 Å². The van der Waals surface area contributed by atoms with Crippen molar-refractivity contribution in [3.8, 4) is 0 Å². The summed E-state index contributed by atoms with van der Waals surface area (Å²) >= 11 is 0. The van der Waals surface area contributed by atoms with Gasteiger partial charge in [0.25, 0.3) is 5.91 Å². The lowest BCUT2D eigenvalue weighted by molar-refractivity contribution is -0.677. The van der Waals surface area contributed by atoms with Gasteiger partial charge >= 0.3 is 12.0 Å². The van der Waals surface area contributed by atoms with Crippen LogP contribution in [0.1, 0.15) is 31.5 Å². The molecule has 152 valence electrons. The molecule has 0 bridgehead atoms. The maximum Gasteiger partial charge on any atom is 0.401 e. The smallest absolute Gasteiger partial charge is 0.379 e. The summed E-state index contributed by atoms with van der Waals surface area (Å²) in [5.41, 5.74) is 1.08. The molecule has 0 spiro atoms. The van der Waals surface area contributed by atoms with E-state index < -0.39 is 6.04 Å². The number of likely N-dealkylation sites (N-methyl/N-ethyl adjacent to an activating group) is 1. The Kier molecular flexibility index (Phi) is 5.20. The maximum absolute atomic E-state index is 13.0. The summed E-state index contributed by atoms with van der Waals surface area (Å²) in [5.74, 6) is 1.10. The molecule has 3 aliphatic rings. The first-order chi connectivity index (χ1) is 13.5. The van der Waals surface area contributed by atoms with E-state index in [2.05, 4.69) is 9.47 Å². The average molecular weight is 389 g/mol. The highest BCUT2D eigenvalue weighted by Gasteiger charge is 2.52. The number of urea groups is 1. The molecule has 28 heavy (non-hydrogen) atoms. The van der Waals surface area contributed by atoms with Crippen molar-refractivity contribution < 1.29 is 18.9 Å². The third-order valence-corrected chi connectivity index (χ3v) is 5.73. The van der Waals surface area contributed by atoms with Gasteiger partial charge in [-0.25, -0.2) is 13.9 Å². The van der Waals surface area contributed by atoms with E-state index in [1.807, 2.05) is 24.6 Å². The molecule has 0 aliphatic carbocycles. The Hall–Kier alpha value is -2.26. The predicted molar refractivity (Wildman–Crippen MR) is 103 cm³/mol. The van der Waals surface area contributed by atoms with Crippen LogP contribution in [0.25, 0.3) is 0 Å². The number of imidazole rings is 1. The number of amides is 3. The van der Waals surface area contributed by atoms with Crippen molar-refractivity contribution in [3.63, 3.8) is 0 Å². The zero-order chi connectivity index (χ0) is 19.8. The summed E-state index contributed by atoms with van der Waals surface area (Å²) in [5, 5.41) is 0. The molecule has 9 nitrogen and oxygen atoms in total. The van der Waals surface area contributed by atoms with Gasteiger partial charge in [-0.05, 0) is 19.8 Å². The van der Waals surface area contributed by atoms with Gasteiger partial charge in [-0.15, -0.1) is 0 Å². The highest BCUT2D eigenvalue weighted by atomic mass is 16.5. The molecular weight excluding hydrogens is 360 g/mol. The number of aromatic nitrogens is 2. The number of ether oxygens (including phenoxy) is 1. The molecule has 2 saturated heterocycles. The molecule has 1 aromatic rings.